The van der Waals surface area contributed by atoms with E-state index in [1.165, 1.54) is 0 Å². The molecule has 0 unspecified atom stereocenters. The molecule has 0 amide bonds. The largest absolute Gasteiger partial charge is 0.726 e. The van der Waals surface area contributed by atoms with E-state index in [1.54, 1.807) is 11.8 Å². The van der Waals surface area contributed by atoms with Crippen LogP contribution in [0.2, 0.25) is 0 Å². The molecule has 0 fully saturated rings. The Balaban J connectivity index is 0.000000255. The van der Waals surface area contributed by atoms with Crippen LogP contribution in [-0.2, 0) is 21.6 Å². The van der Waals surface area contributed by atoms with Crippen molar-refractivity contribution >= 4 is 10.4 Å². The molecule has 1 aromatic rings. The van der Waals surface area contributed by atoms with Gasteiger partial charge in [-0.3, -0.25) is 4.18 Å². The van der Waals surface area contributed by atoms with E-state index in [-0.39, 0.29) is 0 Å². The van der Waals surface area contributed by atoms with Gasteiger partial charge in [-0.1, -0.05) is 4.73 Å². The molecule has 0 saturated heterocycles. The summed E-state index contributed by atoms with van der Waals surface area (Å²) in [6, 6.07) is 0. The molecule has 0 N–H and O–H groups in total. The number of hydrogen-bond donors (Lipinski definition) is 0. The Hall–Kier alpha value is -1.12. The number of hydrogen-bond acceptors (Lipinski definition) is 5. The highest BCUT2D eigenvalue weighted by atomic mass is 32.3. The highest BCUT2D eigenvalue weighted by Gasteiger charge is 1.94. The van der Waals surface area contributed by atoms with Gasteiger partial charge in [-0.2, -0.15) is 0 Å². The van der Waals surface area contributed by atoms with E-state index in [2.05, 4.69) is 4.18 Å². The monoisotopic (exact) mass is 224 g/mol. The number of rotatable bonds is 2. The maximum Gasteiger partial charge on any atom is 0.284 e. The van der Waals surface area contributed by atoms with Gasteiger partial charge in [0.15, 0.2) is 6.20 Å². The summed E-state index contributed by atoms with van der Waals surface area (Å²) in [6.07, 6.45) is 5.57. The van der Waals surface area contributed by atoms with Crippen molar-refractivity contribution in [1.29, 1.82) is 0 Å². The minimum Gasteiger partial charge on any atom is -0.726 e. The van der Waals surface area contributed by atoms with Crippen LogP contribution in [0.5, 0.6) is 0 Å². The normalized spacial score (nSPS) is 10.3. The number of imidazole rings is 1. The molecule has 0 radical (unpaired) electrons. The van der Waals surface area contributed by atoms with E-state index in [1.807, 2.05) is 30.3 Å². The van der Waals surface area contributed by atoms with E-state index < -0.39 is 10.4 Å². The van der Waals surface area contributed by atoms with Gasteiger partial charge in [0.05, 0.1) is 14.2 Å². The second kappa shape index (κ2) is 5.58. The first-order valence-electron chi connectivity index (χ1n) is 3.48. The lowest BCUT2D eigenvalue weighted by molar-refractivity contribution is -0.672. The fraction of sp³-hybridized carbons (Fsp3) is 0.500. The summed E-state index contributed by atoms with van der Waals surface area (Å²) < 4.78 is 34.6. The highest BCUT2D eigenvalue weighted by Crippen LogP contribution is 1.74. The predicted octanol–water partition coefficient (Wildman–Crippen LogP) is -1.54. The molecule has 1 rings (SSSR count). The molecule has 1 heterocycles. The molecule has 0 bridgehead atoms. The van der Waals surface area contributed by atoms with Crippen LogP contribution >= 0.6 is 0 Å². The van der Waals surface area contributed by atoms with Crippen LogP contribution in [0.25, 0.3) is 0 Å². The highest BCUT2D eigenvalue weighted by molar-refractivity contribution is 7.80. The lowest BCUT2D eigenvalue weighted by Gasteiger charge is -1.98. The van der Waals surface area contributed by atoms with Crippen molar-refractivity contribution in [3.8, 4) is 0 Å². The first-order chi connectivity index (χ1) is 6.39. The average Bonchev–Trinajstić information content (AvgIpc) is 2.51. The van der Waals surface area contributed by atoms with Crippen LogP contribution < -0.4 is 9.40 Å². The minimum absolute atomic E-state index is 0.808. The van der Waals surface area contributed by atoms with Crippen molar-refractivity contribution in [3.63, 3.8) is 0 Å². The quantitative estimate of drug-likeness (QED) is 0.345. The van der Waals surface area contributed by atoms with Gasteiger partial charge in [-0.05, 0) is 0 Å². The summed E-state index contributed by atoms with van der Waals surface area (Å²) in [7, 11) is -0.0392. The van der Waals surface area contributed by atoms with Crippen molar-refractivity contribution in [2.45, 2.75) is 0 Å². The van der Waals surface area contributed by atoms with Crippen LogP contribution in [0.4, 0.5) is 0 Å². The molecule has 0 spiro atoms. The van der Waals surface area contributed by atoms with Gasteiger partial charge in [0.1, 0.15) is 13.3 Å². The smallest absolute Gasteiger partial charge is 0.284 e. The number of nitrogens with zero attached hydrogens (tertiary/aromatic N) is 2. The molecular weight excluding hydrogens is 212 g/mol. The molecule has 8 heteroatoms. The summed E-state index contributed by atoms with van der Waals surface area (Å²) >= 11 is 0. The summed E-state index contributed by atoms with van der Waals surface area (Å²) in [5.74, 6) is 0. The third-order valence-corrected chi connectivity index (χ3v) is 1.57. The first-order valence-corrected chi connectivity index (χ1v) is 4.81. The zero-order valence-corrected chi connectivity index (χ0v) is 8.89. The molecular formula is C6H12N2O5S. The topological polar surface area (TPSA) is 84.5 Å². The Labute approximate surface area is 82.4 Å². The van der Waals surface area contributed by atoms with E-state index in [0.717, 1.165) is 7.11 Å². The lowest BCUT2D eigenvalue weighted by Crippen LogP contribution is -2.24. The Bertz CT molecular complexity index is 358. The van der Waals surface area contributed by atoms with Crippen molar-refractivity contribution in [1.82, 2.24) is 4.73 Å². The molecule has 1 aromatic heterocycles. The third-order valence-electron chi connectivity index (χ3n) is 1.16. The molecule has 14 heavy (non-hydrogen) atoms. The number of aryl methyl sites for hydroxylation is 1. The van der Waals surface area contributed by atoms with E-state index in [0.29, 0.717) is 0 Å². The van der Waals surface area contributed by atoms with Gasteiger partial charge < -0.3 is 9.39 Å². The summed E-state index contributed by atoms with van der Waals surface area (Å²) in [4.78, 5) is 4.83. The zero-order chi connectivity index (χ0) is 11.2. The fourth-order valence-electron chi connectivity index (χ4n) is 0.535. The van der Waals surface area contributed by atoms with E-state index >= 15 is 0 Å². The van der Waals surface area contributed by atoms with E-state index in [9.17, 15) is 13.0 Å². The molecule has 0 aromatic carbocycles. The Morgan fingerprint density at radius 1 is 1.43 bits per heavy atom. The minimum atomic E-state index is -4.41. The molecule has 0 saturated carbocycles. The van der Waals surface area contributed by atoms with Crippen molar-refractivity contribution < 1.29 is 26.6 Å². The van der Waals surface area contributed by atoms with Crippen LogP contribution in [-0.4, -0.2) is 31.9 Å². The molecule has 0 aliphatic rings. The average molecular weight is 224 g/mol. The second-order valence-electron chi connectivity index (χ2n) is 2.20. The Kier molecular flexibility index (Phi) is 5.13. The van der Waals surface area contributed by atoms with Gasteiger partial charge >= 0.3 is 0 Å². The van der Waals surface area contributed by atoms with Crippen molar-refractivity contribution in [2.75, 3.05) is 14.2 Å². The molecule has 0 aliphatic carbocycles. The van der Waals surface area contributed by atoms with Crippen LogP contribution in [0.3, 0.4) is 0 Å². The first kappa shape index (κ1) is 12.9. The van der Waals surface area contributed by atoms with Crippen molar-refractivity contribution in [3.05, 3.63) is 18.7 Å². The third kappa shape index (κ3) is 6.40. The van der Waals surface area contributed by atoms with Gasteiger partial charge in [-0.25, -0.2) is 13.0 Å². The standard InChI is InChI=1S/C5H9N2O.CH4O4S/c1-6-3-4-7(5-6)8-2;1-5-6(2,3)4/h3-5H,1-2H3;1H3,(H,2,3,4)/q+1;/p-1. The zero-order valence-electron chi connectivity index (χ0n) is 8.08. The van der Waals surface area contributed by atoms with Crippen molar-refractivity contribution in [2.24, 2.45) is 7.05 Å². The van der Waals surface area contributed by atoms with Crippen LogP contribution in [0, 0.1) is 0 Å². The molecule has 7 nitrogen and oxygen atoms in total. The maximum absolute atomic E-state index is 9.22. The molecule has 0 atom stereocenters. The molecule has 0 aliphatic heterocycles. The summed E-state index contributed by atoms with van der Waals surface area (Å²) in [6.45, 7) is 0. The van der Waals surface area contributed by atoms with Gasteiger partial charge in [0, 0.05) is 0 Å². The maximum atomic E-state index is 9.22. The fourth-order valence-corrected chi connectivity index (χ4v) is 0.535. The van der Waals surface area contributed by atoms with Gasteiger partial charge in [-0.15, -0.1) is 0 Å². The Morgan fingerprint density at radius 3 is 2.07 bits per heavy atom. The molecule has 82 valence electrons. The second-order valence-corrected chi connectivity index (χ2v) is 3.35. The van der Waals surface area contributed by atoms with E-state index in [4.69, 9.17) is 4.84 Å². The SMILES string of the molecule is COS(=O)(=O)[O-].COn1cc[n+](C)c1. The predicted molar refractivity (Wildman–Crippen MR) is 44.8 cm³/mol. The summed E-state index contributed by atoms with van der Waals surface area (Å²) in [5, 5.41) is 0. The van der Waals surface area contributed by atoms with Gasteiger partial charge in [0.2, 0.25) is 10.4 Å². The summed E-state index contributed by atoms with van der Waals surface area (Å²) in [5.41, 5.74) is 0. The Morgan fingerprint density at radius 2 is 1.93 bits per heavy atom. The van der Waals surface area contributed by atoms with Crippen LogP contribution in [0.1, 0.15) is 0 Å². The van der Waals surface area contributed by atoms with Crippen LogP contribution in [0.15, 0.2) is 18.7 Å². The number of aromatic nitrogens is 2. The van der Waals surface area contributed by atoms with Gasteiger partial charge in [0.25, 0.3) is 6.33 Å². The lowest BCUT2D eigenvalue weighted by atomic mass is 10.9.